The van der Waals surface area contributed by atoms with E-state index < -0.39 is 0 Å². The van der Waals surface area contributed by atoms with E-state index in [2.05, 4.69) is 5.32 Å². The van der Waals surface area contributed by atoms with Crippen LogP contribution in [0.1, 0.15) is 29.4 Å². The highest BCUT2D eigenvalue weighted by atomic mass is 35.5. The van der Waals surface area contributed by atoms with Gasteiger partial charge in [-0.3, -0.25) is 9.59 Å². The number of rotatable bonds is 6. The Morgan fingerprint density at radius 3 is 2.67 bits per heavy atom. The molecule has 0 saturated heterocycles. The molecule has 21 heavy (non-hydrogen) atoms. The fourth-order valence-corrected chi connectivity index (χ4v) is 2.99. The summed E-state index contributed by atoms with van der Waals surface area (Å²) < 4.78 is 0. The second kappa shape index (κ2) is 7.24. The van der Waals surface area contributed by atoms with E-state index >= 15 is 0 Å². The summed E-state index contributed by atoms with van der Waals surface area (Å²) in [5, 5.41) is 4.83. The summed E-state index contributed by atoms with van der Waals surface area (Å²) >= 11 is 1.38. The SMILES string of the molecule is CN(CC(=O)NC(C)(CN)C1CC1)C(=O)c1cccs1.Cl. The second-order valence-electron chi connectivity index (χ2n) is 5.58. The van der Waals surface area contributed by atoms with E-state index in [4.69, 9.17) is 5.73 Å². The van der Waals surface area contributed by atoms with Crippen LogP contribution in [0.25, 0.3) is 0 Å². The van der Waals surface area contributed by atoms with Crippen LogP contribution in [-0.4, -0.2) is 42.4 Å². The minimum absolute atomic E-state index is 0. The van der Waals surface area contributed by atoms with Crippen LogP contribution in [0.2, 0.25) is 0 Å². The Balaban J connectivity index is 0.00000220. The van der Waals surface area contributed by atoms with Gasteiger partial charge in [0.25, 0.3) is 5.91 Å². The van der Waals surface area contributed by atoms with Crippen LogP contribution < -0.4 is 11.1 Å². The van der Waals surface area contributed by atoms with Crippen molar-refractivity contribution in [3.8, 4) is 0 Å². The van der Waals surface area contributed by atoms with Gasteiger partial charge < -0.3 is 16.0 Å². The minimum Gasteiger partial charge on any atom is -0.348 e. The number of likely N-dealkylation sites (N-methyl/N-ethyl adjacent to an activating group) is 1. The topological polar surface area (TPSA) is 75.4 Å². The van der Waals surface area contributed by atoms with Crippen LogP contribution in [0.5, 0.6) is 0 Å². The van der Waals surface area contributed by atoms with Gasteiger partial charge in [0.15, 0.2) is 0 Å². The fourth-order valence-electron chi connectivity index (χ4n) is 2.27. The van der Waals surface area contributed by atoms with E-state index in [1.54, 1.807) is 13.1 Å². The van der Waals surface area contributed by atoms with Crippen LogP contribution in [0.15, 0.2) is 17.5 Å². The Hall–Kier alpha value is -1.11. The van der Waals surface area contributed by atoms with Gasteiger partial charge in [0.05, 0.1) is 17.0 Å². The molecule has 1 aromatic rings. The van der Waals surface area contributed by atoms with Crippen molar-refractivity contribution in [3.05, 3.63) is 22.4 Å². The maximum absolute atomic E-state index is 12.1. The van der Waals surface area contributed by atoms with Crippen molar-refractivity contribution in [2.24, 2.45) is 11.7 Å². The standard InChI is InChI=1S/C14H21N3O2S.ClH/c1-14(9-15,10-5-6-10)16-12(18)8-17(2)13(19)11-4-3-7-20-11;/h3-4,7,10H,5-6,8-9,15H2,1-2H3,(H,16,18);1H. The van der Waals surface area contributed by atoms with Crippen molar-refractivity contribution >= 4 is 35.6 Å². The molecule has 1 aliphatic rings. The second-order valence-corrected chi connectivity index (χ2v) is 6.53. The molecule has 0 spiro atoms. The highest BCUT2D eigenvalue weighted by molar-refractivity contribution is 7.12. The van der Waals surface area contributed by atoms with Crippen molar-refractivity contribution in [2.75, 3.05) is 20.1 Å². The van der Waals surface area contributed by atoms with E-state index in [0.717, 1.165) is 12.8 Å². The third kappa shape index (κ3) is 4.43. The molecule has 118 valence electrons. The summed E-state index contributed by atoms with van der Waals surface area (Å²) in [6, 6.07) is 3.58. The first-order valence-electron chi connectivity index (χ1n) is 6.76. The number of carbonyl (C=O) groups is 2. The predicted molar refractivity (Wildman–Crippen MR) is 86.9 cm³/mol. The Morgan fingerprint density at radius 2 is 2.19 bits per heavy atom. The van der Waals surface area contributed by atoms with E-state index in [1.807, 2.05) is 18.4 Å². The number of nitrogens with one attached hydrogen (secondary N) is 1. The number of halogens is 1. The number of hydrogen-bond donors (Lipinski definition) is 2. The summed E-state index contributed by atoms with van der Waals surface area (Å²) in [5.74, 6) is 0.183. The lowest BCUT2D eigenvalue weighted by Gasteiger charge is -2.30. The minimum atomic E-state index is -0.343. The van der Waals surface area contributed by atoms with Crippen molar-refractivity contribution in [3.63, 3.8) is 0 Å². The summed E-state index contributed by atoms with van der Waals surface area (Å²) in [6.07, 6.45) is 2.22. The van der Waals surface area contributed by atoms with Gasteiger partial charge in [-0.05, 0) is 37.1 Å². The molecule has 0 bridgehead atoms. The molecule has 1 saturated carbocycles. The highest BCUT2D eigenvalue weighted by Crippen LogP contribution is 2.38. The first-order chi connectivity index (χ1) is 9.46. The average molecular weight is 332 g/mol. The molecule has 2 amide bonds. The zero-order valence-electron chi connectivity index (χ0n) is 12.3. The molecule has 3 N–H and O–H groups in total. The van der Waals surface area contributed by atoms with Gasteiger partial charge in [0, 0.05) is 13.6 Å². The molecular weight excluding hydrogens is 310 g/mol. The first-order valence-corrected chi connectivity index (χ1v) is 7.64. The maximum Gasteiger partial charge on any atom is 0.264 e. The quantitative estimate of drug-likeness (QED) is 0.829. The van der Waals surface area contributed by atoms with Crippen molar-refractivity contribution in [2.45, 2.75) is 25.3 Å². The highest BCUT2D eigenvalue weighted by Gasteiger charge is 2.41. The van der Waals surface area contributed by atoms with Crippen LogP contribution in [0.3, 0.4) is 0 Å². The Labute approximate surface area is 135 Å². The molecule has 1 fully saturated rings. The number of thiophene rings is 1. The van der Waals surface area contributed by atoms with Gasteiger partial charge in [-0.15, -0.1) is 23.7 Å². The molecule has 1 aromatic heterocycles. The molecule has 2 rings (SSSR count). The number of nitrogens with two attached hydrogens (primary N) is 1. The van der Waals surface area contributed by atoms with Crippen LogP contribution >= 0.6 is 23.7 Å². The molecule has 1 aliphatic carbocycles. The molecular formula is C14H22ClN3O2S. The molecule has 1 unspecified atom stereocenters. The lowest BCUT2D eigenvalue weighted by atomic mass is 9.96. The lowest BCUT2D eigenvalue weighted by Crippen LogP contribution is -2.55. The third-order valence-corrected chi connectivity index (χ3v) is 4.64. The van der Waals surface area contributed by atoms with Gasteiger partial charge in [-0.25, -0.2) is 0 Å². The third-order valence-electron chi connectivity index (χ3n) is 3.79. The van der Waals surface area contributed by atoms with Crippen molar-refractivity contribution < 1.29 is 9.59 Å². The molecule has 0 aliphatic heterocycles. The number of hydrogen-bond acceptors (Lipinski definition) is 4. The smallest absolute Gasteiger partial charge is 0.264 e. The van der Waals surface area contributed by atoms with Gasteiger partial charge in [0.2, 0.25) is 5.91 Å². The van der Waals surface area contributed by atoms with Crippen molar-refractivity contribution in [1.82, 2.24) is 10.2 Å². The Kier molecular flexibility index (Phi) is 6.19. The van der Waals surface area contributed by atoms with E-state index in [-0.39, 0.29) is 36.3 Å². The zero-order chi connectivity index (χ0) is 14.8. The summed E-state index contributed by atoms with van der Waals surface area (Å²) in [7, 11) is 1.64. The van der Waals surface area contributed by atoms with Gasteiger partial charge in [-0.2, -0.15) is 0 Å². The predicted octanol–water partition coefficient (Wildman–Crippen LogP) is 1.49. The summed E-state index contributed by atoms with van der Waals surface area (Å²) in [6.45, 7) is 2.45. The molecule has 1 heterocycles. The van der Waals surface area contributed by atoms with E-state index in [1.165, 1.54) is 16.2 Å². The normalized spacial score (nSPS) is 16.5. The number of carbonyl (C=O) groups excluding carboxylic acids is 2. The van der Waals surface area contributed by atoms with Gasteiger partial charge >= 0.3 is 0 Å². The average Bonchev–Trinajstić information content (AvgIpc) is 3.14. The molecule has 0 radical (unpaired) electrons. The molecule has 1 atom stereocenters. The summed E-state index contributed by atoms with van der Waals surface area (Å²) in [5.41, 5.74) is 5.43. The largest absolute Gasteiger partial charge is 0.348 e. The number of nitrogens with zero attached hydrogens (tertiary/aromatic N) is 1. The Morgan fingerprint density at radius 1 is 1.52 bits per heavy atom. The van der Waals surface area contributed by atoms with Gasteiger partial charge in [-0.1, -0.05) is 6.07 Å². The monoisotopic (exact) mass is 331 g/mol. The van der Waals surface area contributed by atoms with E-state index in [9.17, 15) is 9.59 Å². The molecule has 7 heteroatoms. The van der Waals surface area contributed by atoms with Crippen LogP contribution in [-0.2, 0) is 4.79 Å². The molecule has 0 aromatic carbocycles. The maximum atomic E-state index is 12.1. The van der Waals surface area contributed by atoms with Crippen molar-refractivity contribution in [1.29, 1.82) is 0 Å². The zero-order valence-corrected chi connectivity index (χ0v) is 13.9. The Bertz CT molecular complexity index is 490. The van der Waals surface area contributed by atoms with Crippen LogP contribution in [0.4, 0.5) is 0 Å². The fraction of sp³-hybridized carbons (Fsp3) is 0.571. The van der Waals surface area contributed by atoms with E-state index in [0.29, 0.717) is 17.3 Å². The van der Waals surface area contributed by atoms with Crippen LogP contribution in [0, 0.1) is 5.92 Å². The summed E-state index contributed by atoms with van der Waals surface area (Å²) in [4.78, 5) is 26.2. The first kappa shape index (κ1) is 17.9. The molecule has 5 nitrogen and oxygen atoms in total. The van der Waals surface area contributed by atoms with Gasteiger partial charge in [0.1, 0.15) is 0 Å². The lowest BCUT2D eigenvalue weighted by molar-refractivity contribution is -0.123. The number of amides is 2.